The molecule has 0 radical (unpaired) electrons. The smallest absolute Gasteiger partial charge is 0.258 e. The van der Waals surface area contributed by atoms with Crippen LogP contribution in [0.5, 0.6) is 0 Å². The number of aryl methyl sites for hydroxylation is 1. The fourth-order valence-electron chi connectivity index (χ4n) is 3.75. The zero-order valence-electron chi connectivity index (χ0n) is 16.6. The number of carbonyl (C=O) groups excluding carboxylic acids is 1. The lowest BCUT2D eigenvalue weighted by Gasteiger charge is -2.24. The van der Waals surface area contributed by atoms with Crippen molar-refractivity contribution in [1.29, 1.82) is 0 Å². The van der Waals surface area contributed by atoms with Crippen LogP contribution in [-0.2, 0) is 0 Å². The first-order valence-corrected chi connectivity index (χ1v) is 10.8. The van der Waals surface area contributed by atoms with Crippen molar-refractivity contribution in [2.45, 2.75) is 13.8 Å². The SMILES string of the molecule is CCN1CCN(c2c(C)cnc3c(NC(=O)c4c(Cl)cccc4Cl)cccc23)C1=S. The number of carbonyl (C=O) groups is 1. The Bertz CT molecular complexity index is 1150. The molecule has 1 aliphatic rings. The van der Waals surface area contributed by atoms with Gasteiger partial charge in [-0.1, -0.05) is 41.4 Å². The average Bonchev–Trinajstić information content (AvgIpc) is 3.08. The lowest BCUT2D eigenvalue weighted by molar-refractivity contribution is 0.102. The molecule has 1 aromatic heterocycles. The van der Waals surface area contributed by atoms with Gasteiger partial charge in [-0.2, -0.15) is 0 Å². The lowest BCUT2D eigenvalue weighted by atomic mass is 10.1. The molecule has 154 valence electrons. The van der Waals surface area contributed by atoms with Crippen molar-refractivity contribution in [3.05, 3.63) is 63.8 Å². The molecule has 2 heterocycles. The number of rotatable bonds is 4. The largest absolute Gasteiger partial charge is 0.347 e. The first-order chi connectivity index (χ1) is 14.4. The number of likely N-dealkylation sites (N-methyl/N-ethyl adjacent to an activating group) is 1. The van der Waals surface area contributed by atoms with E-state index in [-0.39, 0.29) is 11.5 Å². The van der Waals surface area contributed by atoms with Crippen molar-refractivity contribution < 1.29 is 4.79 Å². The van der Waals surface area contributed by atoms with Crippen molar-refractivity contribution in [1.82, 2.24) is 9.88 Å². The van der Waals surface area contributed by atoms with Crippen molar-refractivity contribution in [2.24, 2.45) is 0 Å². The summed E-state index contributed by atoms with van der Waals surface area (Å²) in [6, 6.07) is 10.7. The Balaban J connectivity index is 1.77. The second kappa shape index (κ2) is 8.38. The van der Waals surface area contributed by atoms with Crippen LogP contribution in [0.2, 0.25) is 10.0 Å². The first-order valence-electron chi connectivity index (χ1n) is 9.62. The van der Waals surface area contributed by atoms with E-state index in [0.717, 1.165) is 41.4 Å². The van der Waals surface area contributed by atoms with Crippen LogP contribution in [0.25, 0.3) is 10.9 Å². The summed E-state index contributed by atoms with van der Waals surface area (Å²) in [6.07, 6.45) is 1.81. The van der Waals surface area contributed by atoms with E-state index in [1.807, 2.05) is 31.3 Å². The molecule has 30 heavy (non-hydrogen) atoms. The molecule has 1 saturated heterocycles. The van der Waals surface area contributed by atoms with Gasteiger partial charge in [-0.05, 0) is 49.8 Å². The summed E-state index contributed by atoms with van der Waals surface area (Å²) in [4.78, 5) is 21.8. The van der Waals surface area contributed by atoms with Crippen LogP contribution in [-0.4, -0.2) is 40.5 Å². The zero-order chi connectivity index (χ0) is 21.4. The standard InChI is InChI=1S/C22H20Cl2N4OS/c1-3-27-10-11-28(22(27)30)20-13(2)12-25-19-14(20)6-4-9-17(19)26-21(29)18-15(23)7-5-8-16(18)24/h4-9,12H,3,10-11H2,1-2H3,(H,26,29). The van der Waals surface area contributed by atoms with Crippen LogP contribution in [0.3, 0.4) is 0 Å². The van der Waals surface area contributed by atoms with Gasteiger partial charge in [0.2, 0.25) is 0 Å². The maximum atomic E-state index is 12.9. The second-order valence-electron chi connectivity index (χ2n) is 7.06. The molecule has 5 nitrogen and oxygen atoms in total. The molecule has 8 heteroatoms. The maximum absolute atomic E-state index is 12.9. The highest BCUT2D eigenvalue weighted by Crippen LogP contribution is 2.35. The summed E-state index contributed by atoms with van der Waals surface area (Å²) in [6.45, 7) is 6.70. The third-order valence-corrected chi connectivity index (χ3v) is 6.35. The van der Waals surface area contributed by atoms with Crippen LogP contribution >= 0.6 is 35.4 Å². The van der Waals surface area contributed by atoms with Gasteiger partial charge in [0, 0.05) is 31.2 Å². The predicted molar refractivity (Wildman–Crippen MR) is 128 cm³/mol. The van der Waals surface area contributed by atoms with E-state index in [9.17, 15) is 4.79 Å². The van der Waals surface area contributed by atoms with E-state index in [1.54, 1.807) is 18.2 Å². The quantitative estimate of drug-likeness (QED) is 0.520. The highest BCUT2D eigenvalue weighted by atomic mass is 35.5. The number of fused-ring (bicyclic) bond motifs is 1. The van der Waals surface area contributed by atoms with Gasteiger partial charge in [-0.3, -0.25) is 9.78 Å². The minimum Gasteiger partial charge on any atom is -0.347 e. The molecule has 3 aromatic rings. The monoisotopic (exact) mass is 458 g/mol. The molecule has 0 spiro atoms. The van der Waals surface area contributed by atoms with E-state index in [4.69, 9.17) is 35.4 Å². The van der Waals surface area contributed by atoms with Gasteiger partial charge >= 0.3 is 0 Å². The molecule has 1 fully saturated rings. The van der Waals surface area contributed by atoms with Crippen LogP contribution in [0.4, 0.5) is 11.4 Å². The van der Waals surface area contributed by atoms with Gasteiger partial charge < -0.3 is 15.1 Å². The van der Waals surface area contributed by atoms with Crippen LogP contribution in [0, 0.1) is 6.92 Å². The van der Waals surface area contributed by atoms with Gasteiger partial charge in [0.1, 0.15) is 0 Å². The Morgan fingerprint density at radius 3 is 2.53 bits per heavy atom. The van der Waals surface area contributed by atoms with Crippen LogP contribution in [0.1, 0.15) is 22.8 Å². The molecule has 0 bridgehead atoms. The third kappa shape index (κ3) is 3.60. The molecule has 2 aromatic carbocycles. The van der Waals surface area contributed by atoms with Gasteiger partial charge in [0.05, 0.1) is 32.5 Å². The fourth-order valence-corrected chi connectivity index (χ4v) is 4.72. The number of hydrogen-bond donors (Lipinski definition) is 1. The average molecular weight is 459 g/mol. The fraction of sp³-hybridized carbons (Fsp3) is 0.227. The number of aromatic nitrogens is 1. The molecule has 0 aliphatic carbocycles. The summed E-state index contributed by atoms with van der Waals surface area (Å²) >= 11 is 18.1. The first kappa shape index (κ1) is 20.8. The lowest BCUT2D eigenvalue weighted by Crippen LogP contribution is -2.31. The number of halogens is 2. The predicted octanol–water partition coefficient (Wildman–Crippen LogP) is 5.53. The Kier molecular flexibility index (Phi) is 5.82. The Hall–Kier alpha value is -2.41. The van der Waals surface area contributed by atoms with E-state index in [0.29, 0.717) is 21.2 Å². The summed E-state index contributed by atoms with van der Waals surface area (Å²) in [5.74, 6) is -0.379. The molecular formula is C22H20Cl2N4OS. The van der Waals surface area contributed by atoms with Gasteiger partial charge in [-0.15, -0.1) is 0 Å². The van der Waals surface area contributed by atoms with Crippen LogP contribution < -0.4 is 10.2 Å². The van der Waals surface area contributed by atoms with Gasteiger partial charge in [0.25, 0.3) is 5.91 Å². The topological polar surface area (TPSA) is 48.5 Å². The van der Waals surface area contributed by atoms with Crippen molar-refractivity contribution in [3.63, 3.8) is 0 Å². The number of nitrogens with zero attached hydrogens (tertiary/aromatic N) is 3. The highest BCUT2D eigenvalue weighted by Gasteiger charge is 2.28. The van der Waals surface area contributed by atoms with Crippen molar-refractivity contribution in [3.8, 4) is 0 Å². The number of thiocarbonyl (C=S) groups is 1. The highest BCUT2D eigenvalue weighted by molar-refractivity contribution is 7.80. The number of nitrogens with one attached hydrogen (secondary N) is 1. The molecule has 0 atom stereocenters. The molecule has 1 amide bonds. The number of para-hydroxylation sites is 1. The molecular weight excluding hydrogens is 439 g/mol. The number of anilines is 2. The minimum atomic E-state index is -0.379. The zero-order valence-corrected chi connectivity index (χ0v) is 18.9. The molecule has 0 unspecified atom stereocenters. The molecule has 0 saturated carbocycles. The Morgan fingerprint density at radius 1 is 1.17 bits per heavy atom. The number of benzene rings is 2. The van der Waals surface area contributed by atoms with E-state index >= 15 is 0 Å². The van der Waals surface area contributed by atoms with E-state index < -0.39 is 0 Å². The Labute approximate surface area is 190 Å². The van der Waals surface area contributed by atoms with Crippen LogP contribution in [0.15, 0.2) is 42.6 Å². The van der Waals surface area contributed by atoms with Crippen molar-refractivity contribution >= 4 is 68.7 Å². The van der Waals surface area contributed by atoms with E-state index in [1.165, 1.54) is 0 Å². The van der Waals surface area contributed by atoms with Crippen molar-refractivity contribution in [2.75, 3.05) is 29.9 Å². The van der Waals surface area contributed by atoms with Gasteiger partial charge in [-0.25, -0.2) is 0 Å². The minimum absolute atomic E-state index is 0.240. The third-order valence-electron chi connectivity index (χ3n) is 5.24. The molecule has 1 N–H and O–H groups in total. The summed E-state index contributed by atoms with van der Waals surface area (Å²) in [5, 5.41) is 5.25. The second-order valence-corrected chi connectivity index (χ2v) is 8.24. The number of pyridine rings is 1. The molecule has 1 aliphatic heterocycles. The Morgan fingerprint density at radius 2 is 1.87 bits per heavy atom. The normalized spacial score (nSPS) is 13.9. The number of hydrogen-bond acceptors (Lipinski definition) is 3. The summed E-state index contributed by atoms with van der Waals surface area (Å²) in [5.41, 5.74) is 3.57. The van der Waals surface area contributed by atoms with E-state index in [2.05, 4.69) is 27.0 Å². The maximum Gasteiger partial charge on any atom is 0.258 e. The van der Waals surface area contributed by atoms with Gasteiger partial charge in [0.15, 0.2) is 5.11 Å². The number of amides is 1. The molecule has 4 rings (SSSR count). The summed E-state index contributed by atoms with van der Waals surface area (Å²) < 4.78 is 0. The summed E-state index contributed by atoms with van der Waals surface area (Å²) in [7, 11) is 0.